The number of hydrogen-bond acceptors (Lipinski definition) is 4. The van der Waals surface area contributed by atoms with Crippen molar-refractivity contribution in [3.8, 4) is 11.6 Å². The fourth-order valence-corrected chi connectivity index (χ4v) is 2.83. The van der Waals surface area contributed by atoms with E-state index in [1.54, 1.807) is 25.3 Å². The summed E-state index contributed by atoms with van der Waals surface area (Å²) < 4.78 is 6.58. The summed E-state index contributed by atoms with van der Waals surface area (Å²) in [6.07, 6.45) is 4.61. The van der Waals surface area contributed by atoms with Crippen molar-refractivity contribution in [1.82, 2.24) is 14.8 Å². The van der Waals surface area contributed by atoms with Gasteiger partial charge in [0.05, 0.1) is 22.8 Å². The quantitative estimate of drug-likeness (QED) is 0.635. The molecular formula is C19H16Cl2N4O2. The minimum atomic E-state index is -0.308. The van der Waals surface area contributed by atoms with Crippen molar-refractivity contribution in [2.75, 3.05) is 12.4 Å². The molecule has 1 N–H and O–H groups in total. The summed E-state index contributed by atoms with van der Waals surface area (Å²) in [5, 5.41) is 7.86. The number of methoxy groups -OCH3 is 1. The minimum absolute atomic E-state index is 0.308. The molecule has 0 aliphatic heterocycles. The molecule has 0 saturated heterocycles. The van der Waals surface area contributed by atoms with Crippen LogP contribution < -0.4 is 10.1 Å². The molecule has 6 nitrogen and oxygen atoms in total. The zero-order valence-electron chi connectivity index (χ0n) is 14.6. The molecule has 3 aromatic rings. The molecule has 0 fully saturated rings. The normalized spacial score (nSPS) is 11.0. The number of benzene rings is 1. The van der Waals surface area contributed by atoms with Crippen molar-refractivity contribution < 1.29 is 9.53 Å². The Labute approximate surface area is 166 Å². The van der Waals surface area contributed by atoms with Crippen LogP contribution in [0, 0.1) is 6.92 Å². The topological polar surface area (TPSA) is 69.0 Å². The number of hydrogen-bond donors (Lipinski definition) is 1. The number of rotatable bonds is 5. The lowest BCUT2D eigenvalue weighted by Crippen LogP contribution is -2.13. The molecule has 138 valence electrons. The maximum Gasteiger partial charge on any atom is 0.249 e. The zero-order valence-corrected chi connectivity index (χ0v) is 16.1. The standard InChI is InChI=1S/C19H16Cl2N4O2/c1-12-9-17(25(24-12)19-16(21)10-14(20)11-22-19)23-18(26)8-5-13-3-6-15(27-2)7-4-13/h3-11H,1-2H3,(H,23,26)/b8-5+. The average Bonchev–Trinajstić information content (AvgIpc) is 3.00. The van der Waals surface area contributed by atoms with Gasteiger partial charge in [-0.05, 0) is 36.8 Å². The van der Waals surface area contributed by atoms with Crippen molar-refractivity contribution in [3.05, 3.63) is 70.0 Å². The van der Waals surface area contributed by atoms with Gasteiger partial charge in [0.25, 0.3) is 0 Å². The molecule has 0 bridgehead atoms. The summed E-state index contributed by atoms with van der Waals surface area (Å²) in [5.41, 5.74) is 1.58. The Balaban J connectivity index is 1.79. The smallest absolute Gasteiger partial charge is 0.249 e. The molecule has 0 radical (unpaired) electrons. The van der Waals surface area contributed by atoms with E-state index in [1.807, 2.05) is 31.2 Å². The highest BCUT2D eigenvalue weighted by molar-refractivity contribution is 6.35. The molecule has 0 aliphatic rings. The monoisotopic (exact) mass is 402 g/mol. The van der Waals surface area contributed by atoms with E-state index in [4.69, 9.17) is 27.9 Å². The summed E-state index contributed by atoms with van der Waals surface area (Å²) in [6.45, 7) is 1.81. The van der Waals surface area contributed by atoms with Crippen LogP contribution in [0.3, 0.4) is 0 Å². The van der Waals surface area contributed by atoms with Crippen LogP contribution in [0.15, 0.2) is 48.7 Å². The Morgan fingerprint density at radius 2 is 1.96 bits per heavy atom. The maximum atomic E-state index is 12.3. The summed E-state index contributed by atoms with van der Waals surface area (Å²) >= 11 is 12.1. The predicted molar refractivity (Wildman–Crippen MR) is 107 cm³/mol. The highest BCUT2D eigenvalue weighted by Gasteiger charge is 2.14. The molecular weight excluding hydrogens is 387 g/mol. The Hall–Kier alpha value is -2.83. The molecule has 0 spiro atoms. The predicted octanol–water partition coefficient (Wildman–Crippen LogP) is 4.54. The number of ether oxygens (including phenoxy) is 1. The van der Waals surface area contributed by atoms with Crippen LogP contribution in [-0.4, -0.2) is 27.8 Å². The van der Waals surface area contributed by atoms with Gasteiger partial charge in [-0.25, -0.2) is 4.98 Å². The first-order valence-corrected chi connectivity index (χ1v) is 8.73. The molecule has 27 heavy (non-hydrogen) atoms. The second-order valence-electron chi connectivity index (χ2n) is 5.64. The number of carbonyl (C=O) groups excluding carboxylic acids is 1. The fraction of sp³-hybridized carbons (Fsp3) is 0.105. The number of nitrogens with zero attached hydrogens (tertiary/aromatic N) is 3. The van der Waals surface area contributed by atoms with Crippen LogP contribution in [0.1, 0.15) is 11.3 Å². The molecule has 0 aliphatic carbocycles. The SMILES string of the molecule is COc1ccc(/C=C/C(=O)Nc2cc(C)nn2-c2ncc(Cl)cc2Cl)cc1. The second kappa shape index (κ2) is 8.24. The molecule has 3 rings (SSSR count). The highest BCUT2D eigenvalue weighted by Crippen LogP contribution is 2.25. The van der Waals surface area contributed by atoms with Crippen molar-refractivity contribution >= 4 is 41.0 Å². The van der Waals surface area contributed by atoms with Gasteiger partial charge in [-0.2, -0.15) is 9.78 Å². The lowest BCUT2D eigenvalue weighted by molar-refractivity contribution is -0.111. The van der Waals surface area contributed by atoms with Crippen molar-refractivity contribution in [3.63, 3.8) is 0 Å². The van der Waals surface area contributed by atoms with E-state index in [1.165, 1.54) is 17.0 Å². The average molecular weight is 403 g/mol. The van der Waals surface area contributed by atoms with Crippen LogP contribution in [0.5, 0.6) is 5.75 Å². The number of aromatic nitrogens is 3. The number of nitrogens with one attached hydrogen (secondary N) is 1. The third-order valence-corrected chi connectivity index (χ3v) is 4.10. The Kier molecular flexibility index (Phi) is 5.78. The number of carbonyl (C=O) groups is 1. The van der Waals surface area contributed by atoms with E-state index in [0.717, 1.165) is 11.3 Å². The van der Waals surface area contributed by atoms with Gasteiger partial charge >= 0.3 is 0 Å². The van der Waals surface area contributed by atoms with Crippen molar-refractivity contribution in [1.29, 1.82) is 0 Å². The first-order valence-electron chi connectivity index (χ1n) is 7.97. The number of amides is 1. The number of aryl methyl sites for hydroxylation is 1. The summed E-state index contributed by atoms with van der Waals surface area (Å²) in [4.78, 5) is 16.5. The van der Waals surface area contributed by atoms with Gasteiger partial charge < -0.3 is 10.1 Å². The molecule has 0 saturated carbocycles. The number of pyridine rings is 1. The van der Waals surface area contributed by atoms with E-state index < -0.39 is 0 Å². The summed E-state index contributed by atoms with van der Waals surface area (Å²) in [6, 6.07) is 10.7. The van der Waals surface area contributed by atoms with Crippen LogP contribution in [0.2, 0.25) is 10.0 Å². The summed E-state index contributed by atoms with van der Waals surface area (Å²) in [7, 11) is 1.60. The van der Waals surface area contributed by atoms with Crippen LogP contribution in [0.4, 0.5) is 5.82 Å². The number of anilines is 1. The second-order valence-corrected chi connectivity index (χ2v) is 6.48. The van der Waals surface area contributed by atoms with E-state index in [2.05, 4.69) is 15.4 Å². The molecule has 8 heteroatoms. The third-order valence-electron chi connectivity index (χ3n) is 3.61. The van der Waals surface area contributed by atoms with Gasteiger partial charge in [0.15, 0.2) is 5.82 Å². The maximum absolute atomic E-state index is 12.3. The summed E-state index contributed by atoms with van der Waals surface area (Å²) in [5.74, 6) is 1.28. The Morgan fingerprint density at radius 3 is 2.63 bits per heavy atom. The van der Waals surface area contributed by atoms with E-state index >= 15 is 0 Å². The van der Waals surface area contributed by atoms with Gasteiger partial charge in [0.2, 0.25) is 5.91 Å². The molecule has 1 amide bonds. The lowest BCUT2D eigenvalue weighted by Gasteiger charge is -2.08. The van der Waals surface area contributed by atoms with Crippen molar-refractivity contribution in [2.45, 2.75) is 6.92 Å². The first kappa shape index (κ1) is 18.9. The highest BCUT2D eigenvalue weighted by atomic mass is 35.5. The Bertz CT molecular complexity index is 997. The third kappa shape index (κ3) is 4.67. The van der Waals surface area contributed by atoms with E-state index in [9.17, 15) is 4.79 Å². The Morgan fingerprint density at radius 1 is 1.22 bits per heavy atom. The van der Waals surface area contributed by atoms with Crippen LogP contribution >= 0.6 is 23.2 Å². The van der Waals surface area contributed by atoms with E-state index in [-0.39, 0.29) is 5.91 Å². The molecule has 0 atom stereocenters. The molecule has 2 aromatic heterocycles. The largest absolute Gasteiger partial charge is 0.497 e. The zero-order chi connectivity index (χ0) is 19.4. The molecule has 1 aromatic carbocycles. The molecule has 0 unspecified atom stereocenters. The minimum Gasteiger partial charge on any atom is -0.497 e. The van der Waals surface area contributed by atoms with Crippen LogP contribution in [-0.2, 0) is 4.79 Å². The van der Waals surface area contributed by atoms with Crippen LogP contribution in [0.25, 0.3) is 11.9 Å². The van der Waals surface area contributed by atoms with Gasteiger partial charge in [0.1, 0.15) is 11.6 Å². The number of halogens is 2. The van der Waals surface area contributed by atoms with Gasteiger partial charge in [-0.15, -0.1) is 0 Å². The van der Waals surface area contributed by atoms with Gasteiger partial charge in [0, 0.05) is 18.3 Å². The lowest BCUT2D eigenvalue weighted by atomic mass is 10.2. The molecule has 2 heterocycles. The van der Waals surface area contributed by atoms with Crippen molar-refractivity contribution in [2.24, 2.45) is 0 Å². The van der Waals surface area contributed by atoms with Gasteiger partial charge in [-0.3, -0.25) is 4.79 Å². The fourth-order valence-electron chi connectivity index (χ4n) is 2.37. The van der Waals surface area contributed by atoms with Gasteiger partial charge in [-0.1, -0.05) is 35.3 Å². The first-order chi connectivity index (χ1) is 13.0. The van der Waals surface area contributed by atoms with E-state index in [0.29, 0.717) is 27.4 Å².